The fourth-order valence-corrected chi connectivity index (χ4v) is 3.07. The molecule has 0 unspecified atom stereocenters. The minimum Gasteiger partial charge on any atom is -0.497 e. The lowest BCUT2D eigenvalue weighted by Gasteiger charge is -2.21. The Morgan fingerprint density at radius 1 is 1.00 bits per heavy atom. The van der Waals surface area contributed by atoms with Gasteiger partial charge in [-0.2, -0.15) is 0 Å². The number of hydrogen-bond acceptors (Lipinski definition) is 4. The van der Waals surface area contributed by atoms with E-state index in [9.17, 15) is 4.79 Å². The molecule has 1 N–H and O–H groups in total. The van der Waals surface area contributed by atoms with Gasteiger partial charge in [0.2, 0.25) is 0 Å². The molecule has 0 radical (unpaired) electrons. The summed E-state index contributed by atoms with van der Waals surface area (Å²) in [7, 11) is 1.66. The van der Waals surface area contributed by atoms with Gasteiger partial charge in [0, 0.05) is 25.8 Å². The van der Waals surface area contributed by atoms with Crippen molar-refractivity contribution in [2.24, 2.45) is 0 Å². The summed E-state index contributed by atoms with van der Waals surface area (Å²) >= 11 is 0. The standard InChI is InChI=1S/C24H27N3O2/c1-3-27(18-20-7-5-4-6-8-20)24(28)21-11-14-23(26-17-21)25-16-15-19-9-12-22(29-2)13-10-19/h4-14,17H,3,15-16,18H2,1-2H3,(H,25,26). The van der Waals surface area contributed by atoms with Crippen molar-refractivity contribution in [3.8, 4) is 5.75 Å². The van der Waals surface area contributed by atoms with Crippen molar-refractivity contribution in [2.45, 2.75) is 19.9 Å². The van der Waals surface area contributed by atoms with Crippen molar-refractivity contribution in [1.82, 2.24) is 9.88 Å². The van der Waals surface area contributed by atoms with Crippen LogP contribution in [0.5, 0.6) is 5.75 Å². The Labute approximate surface area is 172 Å². The maximum atomic E-state index is 12.8. The highest BCUT2D eigenvalue weighted by atomic mass is 16.5. The molecular weight excluding hydrogens is 362 g/mol. The Bertz CT molecular complexity index is 894. The molecule has 3 aromatic rings. The third kappa shape index (κ3) is 5.82. The summed E-state index contributed by atoms with van der Waals surface area (Å²) in [5, 5.41) is 3.30. The van der Waals surface area contributed by atoms with Crippen molar-refractivity contribution in [3.63, 3.8) is 0 Å². The van der Waals surface area contributed by atoms with Gasteiger partial charge in [0.05, 0.1) is 12.7 Å². The van der Waals surface area contributed by atoms with Gasteiger partial charge in [-0.05, 0) is 48.7 Å². The van der Waals surface area contributed by atoms with Gasteiger partial charge in [0.25, 0.3) is 5.91 Å². The molecule has 0 fully saturated rings. The zero-order valence-corrected chi connectivity index (χ0v) is 17.0. The van der Waals surface area contributed by atoms with Gasteiger partial charge in [-0.15, -0.1) is 0 Å². The number of hydrogen-bond donors (Lipinski definition) is 1. The highest BCUT2D eigenvalue weighted by Crippen LogP contribution is 2.13. The van der Waals surface area contributed by atoms with E-state index in [1.54, 1.807) is 13.3 Å². The Balaban J connectivity index is 1.53. The summed E-state index contributed by atoms with van der Waals surface area (Å²) in [6.45, 7) is 4.00. The Morgan fingerprint density at radius 3 is 2.38 bits per heavy atom. The Hall–Kier alpha value is -3.34. The van der Waals surface area contributed by atoms with E-state index in [1.807, 2.05) is 66.4 Å². The van der Waals surface area contributed by atoms with Crippen molar-refractivity contribution < 1.29 is 9.53 Å². The summed E-state index contributed by atoms with van der Waals surface area (Å²) in [6, 6.07) is 21.7. The highest BCUT2D eigenvalue weighted by molar-refractivity contribution is 5.94. The zero-order valence-electron chi connectivity index (χ0n) is 17.0. The van der Waals surface area contributed by atoms with Crippen molar-refractivity contribution in [2.75, 3.05) is 25.5 Å². The molecule has 2 aromatic carbocycles. The predicted octanol–water partition coefficient (Wildman–Crippen LogP) is 4.41. The average molecular weight is 389 g/mol. The molecule has 0 aliphatic heterocycles. The molecule has 150 valence electrons. The van der Waals surface area contributed by atoms with Crippen LogP contribution in [0.4, 0.5) is 5.82 Å². The first-order valence-corrected chi connectivity index (χ1v) is 9.85. The monoisotopic (exact) mass is 389 g/mol. The number of methoxy groups -OCH3 is 1. The number of benzene rings is 2. The van der Waals surface area contributed by atoms with Crippen LogP contribution in [0, 0.1) is 0 Å². The lowest BCUT2D eigenvalue weighted by molar-refractivity contribution is 0.0752. The van der Waals surface area contributed by atoms with Gasteiger partial charge in [0.1, 0.15) is 11.6 Å². The summed E-state index contributed by atoms with van der Waals surface area (Å²) in [5.74, 6) is 1.62. The van der Waals surface area contributed by atoms with Crippen LogP contribution in [0.3, 0.4) is 0 Å². The molecule has 5 heteroatoms. The molecule has 1 heterocycles. The number of aromatic nitrogens is 1. The van der Waals surface area contributed by atoms with Gasteiger partial charge in [-0.1, -0.05) is 42.5 Å². The highest BCUT2D eigenvalue weighted by Gasteiger charge is 2.15. The maximum absolute atomic E-state index is 12.8. The molecule has 0 aliphatic carbocycles. The molecule has 3 rings (SSSR count). The van der Waals surface area contributed by atoms with Gasteiger partial charge in [0.15, 0.2) is 0 Å². The van der Waals surface area contributed by atoms with E-state index < -0.39 is 0 Å². The van der Waals surface area contributed by atoms with E-state index in [0.717, 1.165) is 30.1 Å². The quantitative estimate of drug-likeness (QED) is 0.589. The van der Waals surface area contributed by atoms with E-state index in [0.29, 0.717) is 18.7 Å². The smallest absolute Gasteiger partial charge is 0.255 e. The Morgan fingerprint density at radius 2 is 1.76 bits per heavy atom. The molecule has 1 aromatic heterocycles. The second-order valence-electron chi connectivity index (χ2n) is 6.76. The van der Waals surface area contributed by atoms with E-state index in [-0.39, 0.29) is 5.91 Å². The van der Waals surface area contributed by atoms with Gasteiger partial charge >= 0.3 is 0 Å². The number of ether oxygens (including phenoxy) is 1. The summed E-state index contributed by atoms with van der Waals surface area (Å²) in [5.41, 5.74) is 2.94. The number of pyridine rings is 1. The minimum atomic E-state index is -0.00589. The SMILES string of the molecule is CCN(Cc1ccccc1)C(=O)c1ccc(NCCc2ccc(OC)cc2)nc1. The van der Waals surface area contributed by atoms with Crippen LogP contribution in [0.2, 0.25) is 0 Å². The summed E-state index contributed by atoms with van der Waals surface area (Å²) < 4.78 is 5.17. The molecule has 0 atom stereocenters. The fourth-order valence-electron chi connectivity index (χ4n) is 3.07. The minimum absolute atomic E-state index is 0.00589. The maximum Gasteiger partial charge on any atom is 0.255 e. The van der Waals surface area contributed by atoms with Crippen LogP contribution in [0.15, 0.2) is 72.9 Å². The number of carbonyl (C=O) groups is 1. The molecule has 0 saturated heterocycles. The van der Waals surface area contributed by atoms with E-state index in [1.165, 1.54) is 5.56 Å². The van der Waals surface area contributed by atoms with Crippen molar-refractivity contribution in [3.05, 3.63) is 89.6 Å². The van der Waals surface area contributed by atoms with Crippen LogP contribution in [-0.4, -0.2) is 36.0 Å². The molecule has 0 spiro atoms. The predicted molar refractivity (Wildman–Crippen MR) is 116 cm³/mol. The molecule has 0 saturated carbocycles. The average Bonchev–Trinajstić information content (AvgIpc) is 2.78. The molecule has 0 aliphatic rings. The van der Waals surface area contributed by atoms with Crippen LogP contribution in [0.1, 0.15) is 28.4 Å². The number of anilines is 1. The van der Waals surface area contributed by atoms with E-state index >= 15 is 0 Å². The number of carbonyl (C=O) groups excluding carboxylic acids is 1. The first-order valence-electron chi connectivity index (χ1n) is 9.85. The lowest BCUT2D eigenvalue weighted by Crippen LogP contribution is -2.30. The van der Waals surface area contributed by atoms with Crippen LogP contribution in [-0.2, 0) is 13.0 Å². The molecule has 0 bridgehead atoms. The second-order valence-corrected chi connectivity index (χ2v) is 6.76. The van der Waals surface area contributed by atoms with Crippen molar-refractivity contribution >= 4 is 11.7 Å². The number of rotatable bonds is 9. The topological polar surface area (TPSA) is 54.5 Å². The zero-order chi connectivity index (χ0) is 20.5. The Kier molecular flexibility index (Phi) is 7.22. The van der Waals surface area contributed by atoms with E-state index in [2.05, 4.69) is 22.4 Å². The lowest BCUT2D eigenvalue weighted by atomic mass is 10.1. The third-order valence-electron chi connectivity index (χ3n) is 4.77. The van der Waals surface area contributed by atoms with E-state index in [4.69, 9.17) is 4.74 Å². The normalized spacial score (nSPS) is 10.4. The third-order valence-corrected chi connectivity index (χ3v) is 4.77. The first-order chi connectivity index (χ1) is 14.2. The van der Waals surface area contributed by atoms with Gasteiger partial charge in [-0.25, -0.2) is 4.98 Å². The number of nitrogens with one attached hydrogen (secondary N) is 1. The number of amides is 1. The molecule has 5 nitrogen and oxygen atoms in total. The van der Waals surface area contributed by atoms with Gasteiger partial charge in [-0.3, -0.25) is 4.79 Å². The van der Waals surface area contributed by atoms with Crippen LogP contribution >= 0.6 is 0 Å². The molecule has 29 heavy (non-hydrogen) atoms. The first kappa shape index (κ1) is 20.4. The largest absolute Gasteiger partial charge is 0.497 e. The summed E-state index contributed by atoms with van der Waals surface area (Å²) in [6.07, 6.45) is 2.53. The number of nitrogens with zero attached hydrogens (tertiary/aromatic N) is 2. The fraction of sp³-hybridized carbons (Fsp3) is 0.250. The second kappa shape index (κ2) is 10.3. The van der Waals surface area contributed by atoms with Crippen LogP contribution < -0.4 is 10.1 Å². The van der Waals surface area contributed by atoms with Crippen LogP contribution in [0.25, 0.3) is 0 Å². The van der Waals surface area contributed by atoms with Crippen molar-refractivity contribution in [1.29, 1.82) is 0 Å². The van der Waals surface area contributed by atoms with Gasteiger partial charge < -0.3 is 15.0 Å². The summed E-state index contributed by atoms with van der Waals surface area (Å²) in [4.78, 5) is 19.0. The molecule has 1 amide bonds. The molecular formula is C24H27N3O2.